The van der Waals surface area contributed by atoms with Crippen LogP contribution in [0.5, 0.6) is 5.75 Å². The van der Waals surface area contributed by atoms with Crippen molar-refractivity contribution in [3.8, 4) is 5.75 Å². The zero-order chi connectivity index (χ0) is 16.9. The summed E-state index contributed by atoms with van der Waals surface area (Å²) in [6.07, 6.45) is 4.40. The number of benzene rings is 2. The van der Waals surface area contributed by atoms with Crippen molar-refractivity contribution in [2.75, 3.05) is 12.4 Å². The molecular weight excluding hydrogens is 316 g/mol. The molecule has 0 aromatic heterocycles. The first-order valence-electron chi connectivity index (χ1n) is 8.53. The van der Waals surface area contributed by atoms with Gasteiger partial charge in [-0.15, -0.1) is 0 Å². The topological polar surface area (TPSA) is 33.3 Å². The number of hydrogen-bond acceptors (Lipinski definition) is 2. The van der Waals surface area contributed by atoms with Crippen LogP contribution in [0.1, 0.15) is 42.5 Å². The van der Waals surface area contributed by atoms with Gasteiger partial charge in [0.15, 0.2) is 5.11 Å². The Balaban J connectivity index is 1.66. The van der Waals surface area contributed by atoms with Crippen LogP contribution in [-0.4, -0.2) is 12.2 Å². The molecule has 2 N–H and O–H groups in total. The molecule has 0 saturated heterocycles. The van der Waals surface area contributed by atoms with Crippen molar-refractivity contribution in [3.05, 3.63) is 59.2 Å². The first kappa shape index (κ1) is 16.8. The molecule has 0 spiro atoms. The summed E-state index contributed by atoms with van der Waals surface area (Å²) >= 11 is 5.51. The average Bonchev–Trinajstić information content (AvgIpc) is 2.62. The molecule has 0 amide bonds. The zero-order valence-electron chi connectivity index (χ0n) is 14.3. The standard InChI is InChI=1S/C20H24N2OS/c1-3-14-7-9-16(10-8-14)21-20(24)22-19-6-4-5-15-13-17(23-2)11-12-18(15)19/h7-13,19H,3-6H2,1-2H3,(H2,21,22,24). The van der Waals surface area contributed by atoms with Gasteiger partial charge >= 0.3 is 0 Å². The molecule has 126 valence electrons. The van der Waals surface area contributed by atoms with Gasteiger partial charge in [-0.2, -0.15) is 0 Å². The van der Waals surface area contributed by atoms with E-state index >= 15 is 0 Å². The van der Waals surface area contributed by atoms with Gasteiger partial charge in [-0.05, 0) is 78.9 Å². The Morgan fingerprint density at radius 2 is 2.00 bits per heavy atom. The highest BCUT2D eigenvalue weighted by molar-refractivity contribution is 7.80. The summed E-state index contributed by atoms with van der Waals surface area (Å²) in [4.78, 5) is 0. The van der Waals surface area contributed by atoms with Gasteiger partial charge in [-0.3, -0.25) is 0 Å². The molecule has 1 aliphatic carbocycles. The lowest BCUT2D eigenvalue weighted by molar-refractivity contribution is 0.412. The van der Waals surface area contributed by atoms with E-state index in [9.17, 15) is 0 Å². The minimum Gasteiger partial charge on any atom is -0.497 e. The quantitative estimate of drug-likeness (QED) is 0.796. The van der Waals surface area contributed by atoms with E-state index < -0.39 is 0 Å². The van der Waals surface area contributed by atoms with E-state index in [0.29, 0.717) is 5.11 Å². The van der Waals surface area contributed by atoms with Crippen molar-refractivity contribution in [1.82, 2.24) is 5.32 Å². The second-order valence-corrected chi connectivity index (χ2v) is 6.57. The Hall–Kier alpha value is -2.07. The van der Waals surface area contributed by atoms with E-state index in [4.69, 9.17) is 17.0 Å². The monoisotopic (exact) mass is 340 g/mol. The molecule has 0 heterocycles. The number of aryl methyl sites for hydroxylation is 2. The van der Waals surface area contributed by atoms with Crippen molar-refractivity contribution in [1.29, 1.82) is 0 Å². The maximum absolute atomic E-state index is 5.51. The normalized spacial score (nSPS) is 16.2. The minimum absolute atomic E-state index is 0.259. The van der Waals surface area contributed by atoms with Crippen molar-refractivity contribution in [2.24, 2.45) is 0 Å². The second-order valence-electron chi connectivity index (χ2n) is 6.16. The van der Waals surface area contributed by atoms with Crippen LogP contribution in [0.3, 0.4) is 0 Å². The summed E-state index contributed by atoms with van der Waals surface area (Å²) in [6, 6.07) is 15.0. The van der Waals surface area contributed by atoms with Crippen molar-refractivity contribution < 1.29 is 4.74 Å². The van der Waals surface area contributed by atoms with E-state index in [1.807, 2.05) is 6.07 Å². The Bertz CT molecular complexity index is 712. The lowest BCUT2D eigenvalue weighted by atomic mass is 9.87. The molecule has 1 unspecified atom stereocenters. The minimum atomic E-state index is 0.259. The van der Waals surface area contributed by atoms with Crippen LogP contribution in [0.15, 0.2) is 42.5 Å². The number of rotatable bonds is 4. The van der Waals surface area contributed by atoms with Crippen LogP contribution in [-0.2, 0) is 12.8 Å². The molecule has 0 radical (unpaired) electrons. The third kappa shape index (κ3) is 3.88. The van der Waals surface area contributed by atoms with Gasteiger partial charge < -0.3 is 15.4 Å². The predicted octanol–water partition coefficient (Wildman–Crippen LogP) is 4.62. The Morgan fingerprint density at radius 3 is 2.71 bits per heavy atom. The third-order valence-electron chi connectivity index (χ3n) is 4.59. The molecule has 0 fully saturated rings. The summed E-state index contributed by atoms with van der Waals surface area (Å²) in [6.45, 7) is 2.16. The highest BCUT2D eigenvalue weighted by atomic mass is 32.1. The second kappa shape index (κ2) is 7.67. The first-order chi connectivity index (χ1) is 11.7. The molecule has 24 heavy (non-hydrogen) atoms. The summed E-state index contributed by atoms with van der Waals surface area (Å²) in [5.41, 5.74) is 5.03. The van der Waals surface area contributed by atoms with E-state index in [0.717, 1.165) is 37.1 Å². The van der Waals surface area contributed by atoms with Crippen molar-refractivity contribution in [2.45, 2.75) is 38.6 Å². The summed E-state index contributed by atoms with van der Waals surface area (Å²) in [5.74, 6) is 0.922. The maximum Gasteiger partial charge on any atom is 0.171 e. The zero-order valence-corrected chi connectivity index (χ0v) is 15.1. The van der Waals surface area contributed by atoms with Crippen molar-refractivity contribution >= 4 is 23.0 Å². The van der Waals surface area contributed by atoms with Crippen LogP contribution in [0.2, 0.25) is 0 Å². The molecule has 2 aromatic rings. The molecular formula is C20H24N2OS. The van der Waals surface area contributed by atoms with Gasteiger partial charge in [-0.25, -0.2) is 0 Å². The van der Waals surface area contributed by atoms with Gasteiger partial charge in [0.05, 0.1) is 13.2 Å². The number of hydrogen-bond donors (Lipinski definition) is 2. The van der Waals surface area contributed by atoms with Gasteiger partial charge in [-0.1, -0.05) is 25.1 Å². The lowest BCUT2D eigenvalue weighted by Crippen LogP contribution is -2.34. The highest BCUT2D eigenvalue weighted by Gasteiger charge is 2.21. The SMILES string of the molecule is CCc1ccc(NC(=S)NC2CCCc3cc(OC)ccc32)cc1. The summed E-state index contributed by atoms with van der Waals surface area (Å²) < 4.78 is 5.34. The van der Waals surface area contributed by atoms with E-state index in [2.05, 4.69) is 54.0 Å². The fourth-order valence-corrected chi connectivity index (χ4v) is 3.48. The van der Waals surface area contributed by atoms with Crippen LogP contribution in [0.25, 0.3) is 0 Å². The molecule has 1 atom stereocenters. The Kier molecular flexibility index (Phi) is 5.36. The van der Waals surface area contributed by atoms with Crippen LogP contribution in [0, 0.1) is 0 Å². The van der Waals surface area contributed by atoms with Crippen LogP contribution < -0.4 is 15.4 Å². The predicted molar refractivity (Wildman–Crippen MR) is 104 cm³/mol. The number of anilines is 1. The molecule has 0 saturated carbocycles. The number of nitrogens with one attached hydrogen (secondary N) is 2. The molecule has 1 aliphatic rings. The highest BCUT2D eigenvalue weighted by Crippen LogP contribution is 2.32. The Labute approximate surface area is 149 Å². The number of ether oxygens (including phenoxy) is 1. The average molecular weight is 340 g/mol. The third-order valence-corrected chi connectivity index (χ3v) is 4.81. The van der Waals surface area contributed by atoms with Crippen molar-refractivity contribution in [3.63, 3.8) is 0 Å². The fraction of sp³-hybridized carbons (Fsp3) is 0.350. The van der Waals surface area contributed by atoms with Crippen LogP contribution in [0.4, 0.5) is 5.69 Å². The van der Waals surface area contributed by atoms with E-state index in [1.165, 1.54) is 16.7 Å². The van der Waals surface area contributed by atoms with E-state index in [-0.39, 0.29) is 6.04 Å². The Morgan fingerprint density at radius 1 is 1.21 bits per heavy atom. The number of thiocarbonyl (C=S) groups is 1. The van der Waals surface area contributed by atoms with Gasteiger partial charge in [0.2, 0.25) is 0 Å². The number of fused-ring (bicyclic) bond motifs is 1. The maximum atomic E-state index is 5.51. The largest absolute Gasteiger partial charge is 0.497 e. The first-order valence-corrected chi connectivity index (χ1v) is 8.93. The molecule has 3 nitrogen and oxygen atoms in total. The molecule has 0 bridgehead atoms. The van der Waals surface area contributed by atoms with Gasteiger partial charge in [0, 0.05) is 5.69 Å². The van der Waals surface area contributed by atoms with E-state index in [1.54, 1.807) is 7.11 Å². The smallest absolute Gasteiger partial charge is 0.171 e. The molecule has 4 heteroatoms. The lowest BCUT2D eigenvalue weighted by Gasteiger charge is -2.28. The number of methoxy groups -OCH3 is 1. The van der Waals surface area contributed by atoms with Gasteiger partial charge in [0.25, 0.3) is 0 Å². The molecule has 2 aromatic carbocycles. The van der Waals surface area contributed by atoms with Gasteiger partial charge in [0.1, 0.15) is 5.75 Å². The molecule has 3 rings (SSSR count). The summed E-state index contributed by atoms with van der Waals surface area (Å²) in [7, 11) is 1.71. The fourth-order valence-electron chi connectivity index (χ4n) is 3.22. The van der Waals surface area contributed by atoms with Crippen LogP contribution >= 0.6 is 12.2 Å². The molecule has 0 aliphatic heterocycles. The summed E-state index contributed by atoms with van der Waals surface area (Å²) in [5, 5.41) is 7.43.